The molecule has 0 fully saturated rings. The van der Waals surface area contributed by atoms with Crippen LogP contribution in [0.4, 0.5) is 5.69 Å². The molecule has 1 aromatic heterocycles. The molecule has 0 saturated carbocycles. The van der Waals surface area contributed by atoms with E-state index in [4.69, 9.17) is 11.6 Å². The van der Waals surface area contributed by atoms with E-state index in [9.17, 15) is 14.9 Å². The standard InChI is InChI=1S/C24H20ClN5O3S/c1-16(26-23(31)20-9-5-6-10-21(20)25)22-27-28-24(34-15-17-7-3-2-4-8-17)29(22)18-11-13-19(14-12-18)30(32)33/h2-14,16H,15H2,1H3,(H,26,31). The number of non-ortho nitro benzene ring substituents is 1. The fourth-order valence-electron chi connectivity index (χ4n) is 3.33. The van der Waals surface area contributed by atoms with Gasteiger partial charge in [-0.05, 0) is 36.8 Å². The molecule has 1 unspecified atom stereocenters. The van der Waals surface area contributed by atoms with Crippen LogP contribution in [0.25, 0.3) is 5.69 Å². The molecule has 3 aromatic carbocycles. The van der Waals surface area contributed by atoms with E-state index in [2.05, 4.69) is 15.5 Å². The van der Waals surface area contributed by atoms with E-state index in [0.29, 0.717) is 33.0 Å². The number of benzene rings is 3. The third-order valence-electron chi connectivity index (χ3n) is 5.04. The highest BCUT2D eigenvalue weighted by atomic mass is 35.5. The Morgan fingerprint density at radius 1 is 1.06 bits per heavy atom. The summed E-state index contributed by atoms with van der Waals surface area (Å²) in [5.41, 5.74) is 2.11. The lowest BCUT2D eigenvalue weighted by Gasteiger charge is -2.16. The van der Waals surface area contributed by atoms with Crippen LogP contribution in [0.15, 0.2) is 84.0 Å². The summed E-state index contributed by atoms with van der Waals surface area (Å²) in [5.74, 6) is 0.812. The minimum atomic E-state index is -0.516. The van der Waals surface area contributed by atoms with Crippen LogP contribution in [0, 0.1) is 10.1 Å². The Labute approximate surface area is 205 Å². The molecule has 0 spiro atoms. The first-order valence-electron chi connectivity index (χ1n) is 10.4. The molecule has 0 aliphatic heterocycles. The third-order valence-corrected chi connectivity index (χ3v) is 6.37. The summed E-state index contributed by atoms with van der Waals surface area (Å²) < 4.78 is 1.80. The van der Waals surface area contributed by atoms with Crippen molar-refractivity contribution >= 4 is 35.0 Å². The van der Waals surface area contributed by atoms with Gasteiger partial charge in [-0.1, -0.05) is 65.8 Å². The highest BCUT2D eigenvalue weighted by Gasteiger charge is 2.22. The molecule has 0 aliphatic rings. The number of nitro benzene ring substituents is 1. The van der Waals surface area contributed by atoms with Gasteiger partial charge in [-0.15, -0.1) is 10.2 Å². The van der Waals surface area contributed by atoms with Crippen molar-refractivity contribution in [3.8, 4) is 5.69 Å². The summed E-state index contributed by atoms with van der Waals surface area (Å²) in [6, 6.07) is 22.3. The van der Waals surface area contributed by atoms with Gasteiger partial charge in [-0.2, -0.15) is 0 Å². The second-order valence-electron chi connectivity index (χ2n) is 7.40. The molecule has 1 amide bonds. The number of hydrogen-bond acceptors (Lipinski definition) is 6. The average Bonchev–Trinajstić information content (AvgIpc) is 3.28. The zero-order valence-corrected chi connectivity index (χ0v) is 19.7. The van der Waals surface area contributed by atoms with E-state index in [1.165, 1.54) is 23.9 Å². The Morgan fingerprint density at radius 2 is 1.74 bits per heavy atom. The maximum absolute atomic E-state index is 12.8. The number of nitrogens with zero attached hydrogens (tertiary/aromatic N) is 4. The first kappa shape index (κ1) is 23.5. The summed E-state index contributed by atoms with van der Waals surface area (Å²) in [5, 5.41) is 23.7. The van der Waals surface area contributed by atoms with Gasteiger partial charge in [-0.3, -0.25) is 19.5 Å². The van der Waals surface area contributed by atoms with Crippen LogP contribution in [0.3, 0.4) is 0 Å². The predicted octanol–water partition coefficient (Wildman–Crippen LogP) is 5.61. The number of hydrogen-bond donors (Lipinski definition) is 1. The van der Waals surface area contributed by atoms with Gasteiger partial charge in [0.05, 0.1) is 21.6 Å². The van der Waals surface area contributed by atoms with Gasteiger partial charge in [0.25, 0.3) is 11.6 Å². The molecule has 0 bridgehead atoms. The van der Waals surface area contributed by atoms with Crippen LogP contribution >= 0.6 is 23.4 Å². The third kappa shape index (κ3) is 5.27. The monoisotopic (exact) mass is 493 g/mol. The molecule has 8 nitrogen and oxygen atoms in total. The summed E-state index contributed by atoms with van der Waals surface area (Å²) >= 11 is 7.65. The number of carbonyl (C=O) groups excluding carboxylic acids is 1. The predicted molar refractivity (Wildman–Crippen MR) is 131 cm³/mol. The normalized spacial score (nSPS) is 11.7. The Bertz CT molecular complexity index is 1310. The molecule has 1 N–H and O–H groups in total. The molecule has 1 heterocycles. The van der Waals surface area contributed by atoms with Crippen molar-refractivity contribution in [2.24, 2.45) is 0 Å². The van der Waals surface area contributed by atoms with Crippen molar-refractivity contribution in [1.82, 2.24) is 20.1 Å². The number of halogens is 1. The van der Waals surface area contributed by atoms with Crippen molar-refractivity contribution < 1.29 is 9.72 Å². The smallest absolute Gasteiger partial charge is 0.269 e. The summed E-state index contributed by atoms with van der Waals surface area (Å²) in [4.78, 5) is 23.4. The van der Waals surface area contributed by atoms with Crippen molar-refractivity contribution in [1.29, 1.82) is 0 Å². The number of carbonyl (C=O) groups is 1. The molecule has 4 aromatic rings. The van der Waals surface area contributed by atoms with Gasteiger partial charge in [0.2, 0.25) is 0 Å². The van der Waals surface area contributed by atoms with Gasteiger partial charge >= 0.3 is 0 Å². The maximum Gasteiger partial charge on any atom is 0.269 e. The zero-order chi connectivity index (χ0) is 24.1. The molecule has 1 atom stereocenters. The minimum Gasteiger partial charge on any atom is -0.342 e. The minimum absolute atomic E-state index is 0.0167. The van der Waals surface area contributed by atoms with E-state index in [-0.39, 0.29) is 11.6 Å². The maximum atomic E-state index is 12.8. The summed E-state index contributed by atoms with van der Waals surface area (Å²) in [7, 11) is 0. The molecule has 0 aliphatic carbocycles. The Balaban J connectivity index is 1.65. The lowest BCUT2D eigenvalue weighted by atomic mass is 10.2. The van der Waals surface area contributed by atoms with Crippen LogP contribution in [-0.4, -0.2) is 25.6 Å². The highest BCUT2D eigenvalue weighted by Crippen LogP contribution is 2.29. The largest absolute Gasteiger partial charge is 0.342 e. The molecular formula is C24H20ClN5O3S. The van der Waals surface area contributed by atoms with Gasteiger partial charge in [0, 0.05) is 23.6 Å². The van der Waals surface area contributed by atoms with Gasteiger partial charge in [0.15, 0.2) is 11.0 Å². The van der Waals surface area contributed by atoms with Crippen LogP contribution in [-0.2, 0) is 5.75 Å². The van der Waals surface area contributed by atoms with E-state index in [0.717, 1.165) is 5.56 Å². The first-order valence-corrected chi connectivity index (χ1v) is 11.7. The van der Waals surface area contributed by atoms with E-state index in [1.54, 1.807) is 47.9 Å². The van der Waals surface area contributed by atoms with Crippen LogP contribution in [0.1, 0.15) is 34.7 Å². The zero-order valence-electron chi connectivity index (χ0n) is 18.1. The Morgan fingerprint density at radius 3 is 2.41 bits per heavy atom. The van der Waals surface area contributed by atoms with Crippen molar-refractivity contribution in [3.05, 3.63) is 111 Å². The SMILES string of the molecule is CC(NC(=O)c1ccccc1Cl)c1nnc(SCc2ccccc2)n1-c1ccc([N+](=O)[O-])cc1. The number of nitrogens with one attached hydrogen (secondary N) is 1. The van der Waals surface area contributed by atoms with Gasteiger partial charge in [0.1, 0.15) is 0 Å². The Hall–Kier alpha value is -3.69. The molecular weight excluding hydrogens is 474 g/mol. The van der Waals surface area contributed by atoms with Crippen molar-refractivity contribution in [2.75, 3.05) is 0 Å². The lowest BCUT2D eigenvalue weighted by molar-refractivity contribution is -0.384. The number of thioether (sulfide) groups is 1. The second kappa shape index (κ2) is 10.5. The number of nitro groups is 1. The molecule has 0 radical (unpaired) electrons. The molecule has 4 rings (SSSR count). The first-order chi connectivity index (χ1) is 16.4. The van der Waals surface area contributed by atoms with Gasteiger partial charge in [-0.25, -0.2) is 0 Å². The lowest BCUT2D eigenvalue weighted by Crippen LogP contribution is -2.28. The van der Waals surface area contributed by atoms with E-state index in [1.807, 2.05) is 30.3 Å². The number of rotatable bonds is 8. The van der Waals surface area contributed by atoms with Crippen LogP contribution < -0.4 is 5.32 Å². The number of amides is 1. The Kier molecular flexibility index (Phi) is 7.24. The average molecular weight is 494 g/mol. The van der Waals surface area contributed by atoms with Crippen molar-refractivity contribution in [3.63, 3.8) is 0 Å². The molecule has 0 saturated heterocycles. The highest BCUT2D eigenvalue weighted by molar-refractivity contribution is 7.98. The van der Waals surface area contributed by atoms with Crippen LogP contribution in [0.5, 0.6) is 0 Å². The fraction of sp³-hybridized carbons (Fsp3) is 0.125. The summed E-state index contributed by atoms with van der Waals surface area (Å²) in [6.45, 7) is 1.80. The van der Waals surface area contributed by atoms with Crippen LogP contribution in [0.2, 0.25) is 5.02 Å². The molecule has 172 valence electrons. The molecule has 34 heavy (non-hydrogen) atoms. The fourth-order valence-corrected chi connectivity index (χ4v) is 4.46. The topological polar surface area (TPSA) is 103 Å². The van der Waals surface area contributed by atoms with Crippen molar-refractivity contribution in [2.45, 2.75) is 23.9 Å². The number of aromatic nitrogens is 3. The summed E-state index contributed by atoms with van der Waals surface area (Å²) in [6.07, 6.45) is 0. The van der Waals surface area contributed by atoms with E-state index < -0.39 is 11.0 Å². The molecule has 10 heteroatoms. The second-order valence-corrected chi connectivity index (χ2v) is 8.75. The quantitative estimate of drug-likeness (QED) is 0.194. The van der Waals surface area contributed by atoms with E-state index >= 15 is 0 Å². The van der Waals surface area contributed by atoms with Gasteiger partial charge < -0.3 is 5.32 Å².